The van der Waals surface area contributed by atoms with Gasteiger partial charge in [-0.1, -0.05) is 32.6 Å². The van der Waals surface area contributed by atoms with Gasteiger partial charge in [0.05, 0.1) is 12.5 Å². The van der Waals surface area contributed by atoms with E-state index in [4.69, 9.17) is 10.8 Å². The van der Waals surface area contributed by atoms with E-state index in [2.05, 4.69) is 6.92 Å². The van der Waals surface area contributed by atoms with Crippen LogP contribution in [-0.2, 0) is 9.59 Å². The number of aliphatic hydroxyl groups excluding tert-OH is 1. The van der Waals surface area contributed by atoms with Gasteiger partial charge in [-0.3, -0.25) is 9.59 Å². The van der Waals surface area contributed by atoms with Gasteiger partial charge in [-0.25, -0.2) is 0 Å². The number of nitrogens with two attached hydrogens (primary N) is 1. The molecule has 0 radical (unpaired) electrons. The minimum atomic E-state index is -1.13. The Labute approximate surface area is 95.6 Å². The van der Waals surface area contributed by atoms with E-state index >= 15 is 0 Å². The molecule has 0 aromatic carbocycles. The Kier molecular flexibility index (Phi) is 7.76. The number of Topliss-reactive ketones (excluding diaryl/α,β-unsaturated/α-hetero) is 1. The van der Waals surface area contributed by atoms with Gasteiger partial charge in [0.15, 0.2) is 5.78 Å². The lowest BCUT2D eigenvalue weighted by atomic mass is 10.0. The minimum absolute atomic E-state index is 0.367. The van der Waals surface area contributed by atoms with E-state index in [0.717, 1.165) is 25.7 Å². The number of rotatable bonds is 9. The van der Waals surface area contributed by atoms with Crippen LogP contribution in [0.4, 0.5) is 0 Å². The van der Waals surface area contributed by atoms with Gasteiger partial charge in [0.2, 0.25) is 0 Å². The fourth-order valence-electron chi connectivity index (χ4n) is 1.44. The number of carbonyl (C=O) groups is 2. The number of hydrogen-bond acceptors (Lipinski definition) is 4. The minimum Gasteiger partial charge on any atom is -0.481 e. The highest BCUT2D eigenvalue weighted by atomic mass is 16.4. The van der Waals surface area contributed by atoms with Gasteiger partial charge in [0.25, 0.3) is 0 Å². The third-order valence-corrected chi connectivity index (χ3v) is 2.42. The summed E-state index contributed by atoms with van der Waals surface area (Å²) in [4.78, 5) is 21.7. The van der Waals surface area contributed by atoms with Crippen LogP contribution in [0, 0.1) is 0 Å². The van der Waals surface area contributed by atoms with Gasteiger partial charge in [-0.15, -0.1) is 0 Å². The van der Waals surface area contributed by atoms with Gasteiger partial charge < -0.3 is 15.9 Å². The van der Waals surface area contributed by atoms with Gasteiger partial charge in [0.1, 0.15) is 6.10 Å². The predicted molar refractivity (Wildman–Crippen MR) is 60.0 cm³/mol. The van der Waals surface area contributed by atoms with Crippen molar-refractivity contribution in [3.63, 3.8) is 0 Å². The van der Waals surface area contributed by atoms with E-state index in [1.54, 1.807) is 0 Å². The molecule has 0 bridgehead atoms. The van der Waals surface area contributed by atoms with Crippen molar-refractivity contribution in [2.75, 3.05) is 0 Å². The third-order valence-electron chi connectivity index (χ3n) is 2.42. The van der Waals surface area contributed by atoms with Crippen LogP contribution in [0.15, 0.2) is 0 Å². The Hall–Kier alpha value is -0.940. The summed E-state index contributed by atoms with van der Waals surface area (Å²) in [7, 11) is 0. The predicted octanol–water partition coefficient (Wildman–Crippen LogP) is 0.689. The molecule has 0 aromatic heterocycles. The normalized spacial score (nSPS) is 14.4. The van der Waals surface area contributed by atoms with Crippen LogP contribution < -0.4 is 5.73 Å². The molecule has 0 aliphatic rings. The van der Waals surface area contributed by atoms with Crippen molar-refractivity contribution in [3.8, 4) is 0 Å². The average molecular weight is 231 g/mol. The molecule has 5 heteroatoms. The molecular weight excluding hydrogens is 210 g/mol. The monoisotopic (exact) mass is 231 g/mol. The first-order valence-corrected chi connectivity index (χ1v) is 5.68. The molecule has 0 aliphatic heterocycles. The summed E-state index contributed by atoms with van der Waals surface area (Å²) in [5.74, 6) is -1.70. The summed E-state index contributed by atoms with van der Waals surface area (Å²) >= 11 is 0. The number of hydrogen-bond donors (Lipinski definition) is 3. The maximum absolute atomic E-state index is 11.4. The van der Waals surface area contributed by atoms with E-state index in [9.17, 15) is 14.7 Å². The van der Waals surface area contributed by atoms with E-state index < -0.39 is 30.3 Å². The highest BCUT2D eigenvalue weighted by molar-refractivity contribution is 5.90. The van der Waals surface area contributed by atoms with Crippen molar-refractivity contribution >= 4 is 11.8 Å². The Morgan fingerprint density at radius 3 is 2.38 bits per heavy atom. The molecule has 4 N–H and O–H groups in total. The Bertz CT molecular complexity index is 230. The summed E-state index contributed by atoms with van der Waals surface area (Å²) in [6.45, 7) is 2.07. The van der Waals surface area contributed by atoms with Crippen LogP contribution in [0.3, 0.4) is 0 Å². The first-order valence-electron chi connectivity index (χ1n) is 5.68. The van der Waals surface area contributed by atoms with E-state index in [0.29, 0.717) is 6.42 Å². The average Bonchev–Trinajstić information content (AvgIpc) is 2.22. The Morgan fingerprint density at radius 1 is 1.25 bits per heavy atom. The highest BCUT2D eigenvalue weighted by Gasteiger charge is 2.23. The second-order valence-electron chi connectivity index (χ2n) is 3.97. The molecule has 0 spiro atoms. The molecule has 0 rings (SSSR count). The number of carbonyl (C=O) groups excluding carboxylic acids is 1. The number of unbranched alkanes of at least 4 members (excludes halogenated alkanes) is 3. The molecule has 0 fully saturated rings. The number of aliphatic carboxylic acids is 1. The number of carboxylic acid groups (broad SMARTS) is 1. The SMILES string of the molecule is CCCCCCC(O)C(=O)[C@@H](N)CC(=O)O. The van der Waals surface area contributed by atoms with E-state index in [1.165, 1.54) is 0 Å². The van der Waals surface area contributed by atoms with Crippen LogP contribution in [0.2, 0.25) is 0 Å². The topological polar surface area (TPSA) is 101 Å². The van der Waals surface area contributed by atoms with Crippen molar-refractivity contribution in [2.45, 2.75) is 57.6 Å². The molecule has 5 nitrogen and oxygen atoms in total. The van der Waals surface area contributed by atoms with Crippen LogP contribution in [0.5, 0.6) is 0 Å². The molecule has 0 aliphatic carbocycles. The molecule has 0 aromatic rings. The van der Waals surface area contributed by atoms with Gasteiger partial charge in [0, 0.05) is 0 Å². The summed E-state index contributed by atoms with van der Waals surface area (Å²) < 4.78 is 0. The number of carboxylic acids is 1. The number of ketones is 1. The number of aliphatic hydroxyl groups is 1. The fourth-order valence-corrected chi connectivity index (χ4v) is 1.44. The first-order chi connectivity index (χ1) is 7.49. The maximum Gasteiger partial charge on any atom is 0.305 e. The Morgan fingerprint density at radius 2 is 1.88 bits per heavy atom. The van der Waals surface area contributed by atoms with E-state index in [1.807, 2.05) is 0 Å². The third kappa shape index (κ3) is 6.53. The smallest absolute Gasteiger partial charge is 0.305 e. The fraction of sp³-hybridized carbons (Fsp3) is 0.818. The molecule has 1 unspecified atom stereocenters. The van der Waals surface area contributed by atoms with Crippen molar-refractivity contribution in [3.05, 3.63) is 0 Å². The summed E-state index contributed by atoms with van der Waals surface area (Å²) in [6.07, 6.45) is 2.71. The zero-order valence-corrected chi connectivity index (χ0v) is 9.69. The van der Waals surface area contributed by atoms with Crippen LogP contribution in [-0.4, -0.2) is 34.1 Å². The summed E-state index contributed by atoms with van der Waals surface area (Å²) in [5.41, 5.74) is 5.36. The zero-order valence-electron chi connectivity index (χ0n) is 9.69. The maximum atomic E-state index is 11.4. The van der Waals surface area contributed by atoms with Crippen molar-refractivity contribution in [1.82, 2.24) is 0 Å². The van der Waals surface area contributed by atoms with E-state index in [-0.39, 0.29) is 0 Å². The lowest BCUT2D eigenvalue weighted by molar-refractivity contribution is -0.140. The molecular formula is C11H21NO4. The molecule has 0 heterocycles. The molecule has 94 valence electrons. The van der Waals surface area contributed by atoms with Gasteiger partial charge in [-0.2, -0.15) is 0 Å². The van der Waals surface area contributed by atoms with Crippen molar-refractivity contribution in [2.24, 2.45) is 5.73 Å². The highest BCUT2D eigenvalue weighted by Crippen LogP contribution is 2.08. The zero-order chi connectivity index (χ0) is 12.6. The lowest BCUT2D eigenvalue weighted by Gasteiger charge is -2.13. The Balaban J connectivity index is 3.84. The standard InChI is InChI=1S/C11H21NO4/c1-2-3-4-5-6-9(13)11(16)8(12)7-10(14)15/h8-9,13H,2-7,12H2,1H3,(H,14,15)/t8-,9?/m0/s1. The van der Waals surface area contributed by atoms with Gasteiger partial charge in [-0.05, 0) is 6.42 Å². The first kappa shape index (κ1) is 15.1. The molecule has 0 amide bonds. The molecule has 0 saturated carbocycles. The second kappa shape index (κ2) is 8.24. The summed E-state index contributed by atoms with van der Waals surface area (Å²) in [6, 6.07) is -1.10. The van der Waals surface area contributed by atoms with Gasteiger partial charge >= 0.3 is 5.97 Å². The molecule has 0 saturated heterocycles. The van der Waals surface area contributed by atoms with Crippen LogP contribution >= 0.6 is 0 Å². The molecule has 16 heavy (non-hydrogen) atoms. The molecule has 2 atom stereocenters. The lowest BCUT2D eigenvalue weighted by Crippen LogP contribution is -2.40. The largest absolute Gasteiger partial charge is 0.481 e. The summed E-state index contributed by atoms with van der Waals surface area (Å²) in [5, 5.41) is 17.9. The van der Waals surface area contributed by atoms with Crippen LogP contribution in [0.25, 0.3) is 0 Å². The quantitative estimate of drug-likeness (QED) is 0.507. The second-order valence-corrected chi connectivity index (χ2v) is 3.97. The van der Waals surface area contributed by atoms with Crippen molar-refractivity contribution in [1.29, 1.82) is 0 Å². The van der Waals surface area contributed by atoms with Crippen LogP contribution in [0.1, 0.15) is 45.4 Å². The van der Waals surface area contributed by atoms with Crippen molar-refractivity contribution < 1.29 is 19.8 Å².